The lowest BCUT2D eigenvalue weighted by atomic mass is 9.51. The van der Waals surface area contributed by atoms with Gasteiger partial charge in [-0.1, -0.05) is 11.6 Å². The van der Waals surface area contributed by atoms with Crippen LogP contribution in [0.4, 0.5) is 0 Å². The van der Waals surface area contributed by atoms with Crippen LogP contribution in [-0.2, 0) is 9.59 Å². The highest BCUT2D eigenvalue weighted by atomic mass is 35.5. The highest BCUT2D eigenvalue weighted by Crippen LogP contribution is 2.55. The lowest BCUT2D eigenvalue weighted by molar-refractivity contribution is -0.140. The zero-order valence-electron chi connectivity index (χ0n) is 17.7. The molecule has 4 bridgehead atoms. The number of carbonyl (C=O) groups is 2. The fourth-order valence-electron chi connectivity index (χ4n) is 6.16. The molecule has 4 fully saturated rings. The van der Waals surface area contributed by atoms with Crippen molar-refractivity contribution in [3.8, 4) is 5.75 Å². The number of halogens is 1. The van der Waals surface area contributed by atoms with Gasteiger partial charge in [0.2, 0.25) is 5.91 Å². The third kappa shape index (κ3) is 3.98. The van der Waals surface area contributed by atoms with E-state index in [0.717, 1.165) is 37.7 Å². The normalized spacial score (nSPS) is 32.7. The molecular weight excluding hydrogens is 388 g/mol. The molecule has 4 aliphatic carbocycles. The van der Waals surface area contributed by atoms with Gasteiger partial charge in [0.25, 0.3) is 5.91 Å². The summed E-state index contributed by atoms with van der Waals surface area (Å²) in [6, 6.07) is 5.59. The Morgan fingerprint density at radius 3 is 2.41 bits per heavy atom. The molecule has 6 heteroatoms. The number of ether oxygens (including phenoxy) is 1. The monoisotopic (exact) mass is 418 g/mol. The van der Waals surface area contributed by atoms with Gasteiger partial charge in [-0.25, -0.2) is 0 Å². The number of nitrogens with one attached hydrogen (secondary N) is 2. The maximum Gasteiger partial charge on any atom is 0.263 e. The SMILES string of the molecule is CC(=O)NC12CC3C[C@H](C1)C(NC(=O)C(C)(C)Oc1ccc(Cl)cc1C)[C@@H](C3)C2. The highest BCUT2D eigenvalue weighted by Gasteiger charge is 2.56. The molecule has 0 radical (unpaired) electrons. The summed E-state index contributed by atoms with van der Waals surface area (Å²) in [7, 11) is 0. The predicted molar refractivity (Wildman–Crippen MR) is 113 cm³/mol. The van der Waals surface area contributed by atoms with E-state index in [1.165, 1.54) is 0 Å². The Hall–Kier alpha value is -1.75. The summed E-state index contributed by atoms with van der Waals surface area (Å²) in [6.07, 6.45) is 5.29. The fraction of sp³-hybridized carbons (Fsp3) is 0.652. The number of hydrogen-bond acceptors (Lipinski definition) is 3. The maximum absolute atomic E-state index is 13.2. The van der Waals surface area contributed by atoms with E-state index in [4.69, 9.17) is 16.3 Å². The molecule has 0 aromatic heterocycles. The van der Waals surface area contributed by atoms with Crippen molar-refractivity contribution in [2.45, 2.75) is 77.0 Å². The molecular formula is C23H31ClN2O3. The lowest BCUT2D eigenvalue weighted by Crippen LogP contribution is -2.67. The first-order chi connectivity index (χ1) is 13.6. The van der Waals surface area contributed by atoms with Crippen molar-refractivity contribution in [1.82, 2.24) is 10.6 Å². The summed E-state index contributed by atoms with van der Waals surface area (Å²) in [6.45, 7) is 7.15. The lowest BCUT2D eigenvalue weighted by Gasteiger charge is -2.60. The minimum absolute atomic E-state index is 0.0559. The summed E-state index contributed by atoms with van der Waals surface area (Å²) in [5, 5.41) is 7.22. The molecule has 0 spiro atoms. The molecule has 158 valence electrons. The molecule has 1 aromatic carbocycles. The van der Waals surface area contributed by atoms with E-state index >= 15 is 0 Å². The van der Waals surface area contributed by atoms with Gasteiger partial charge in [-0.3, -0.25) is 9.59 Å². The molecule has 0 heterocycles. The Bertz CT molecular complexity index is 821. The number of amides is 2. The number of hydrogen-bond donors (Lipinski definition) is 2. The van der Waals surface area contributed by atoms with Crippen LogP contribution in [0.2, 0.25) is 5.02 Å². The Labute approximate surface area is 177 Å². The Balaban J connectivity index is 1.45. The smallest absolute Gasteiger partial charge is 0.263 e. The number of carbonyl (C=O) groups excluding carboxylic acids is 2. The van der Waals surface area contributed by atoms with Crippen LogP contribution in [0.15, 0.2) is 18.2 Å². The number of benzene rings is 1. The van der Waals surface area contributed by atoms with E-state index < -0.39 is 5.60 Å². The zero-order chi connectivity index (χ0) is 21.0. The second-order valence-electron chi connectivity index (χ2n) is 9.95. The molecule has 5 rings (SSSR count). The molecule has 2 amide bonds. The van der Waals surface area contributed by atoms with Crippen molar-refractivity contribution in [2.75, 3.05) is 0 Å². The van der Waals surface area contributed by atoms with Gasteiger partial charge in [0.05, 0.1) is 0 Å². The first-order valence-electron chi connectivity index (χ1n) is 10.6. The zero-order valence-corrected chi connectivity index (χ0v) is 18.4. The second kappa shape index (κ2) is 7.19. The van der Waals surface area contributed by atoms with Crippen molar-refractivity contribution >= 4 is 23.4 Å². The van der Waals surface area contributed by atoms with E-state index in [9.17, 15) is 9.59 Å². The van der Waals surface area contributed by atoms with Crippen molar-refractivity contribution in [3.05, 3.63) is 28.8 Å². The molecule has 29 heavy (non-hydrogen) atoms. The van der Waals surface area contributed by atoms with E-state index in [1.54, 1.807) is 13.0 Å². The van der Waals surface area contributed by atoms with Gasteiger partial charge in [0, 0.05) is 23.5 Å². The van der Waals surface area contributed by atoms with Crippen LogP contribution in [0, 0.1) is 24.7 Å². The minimum Gasteiger partial charge on any atom is -0.478 e. The first-order valence-corrected chi connectivity index (χ1v) is 11.0. The highest BCUT2D eigenvalue weighted by molar-refractivity contribution is 6.30. The summed E-state index contributed by atoms with van der Waals surface area (Å²) >= 11 is 6.03. The molecule has 4 aliphatic rings. The first kappa shape index (κ1) is 20.5. The van der Waals surface area contributed by atoms with Gasteiger partial charge in [-0.2, -0.15) is 0 Å². The quantitative estimate of drug-likeness (QED) is 0.759. The van der Waals surface area contributed by atoms with Crippen molar-refractivity contribution in [3.63, 3.8) is 0 Å². The van der Waals surface area contributed by atoms with Gasteiger partial charge < -0.3 is 15.4 Å². The standard InChI is InChI=1S/C23H31ClN2O3/c1-13-7-18(24)5-6-19(13)29-22(3,4)21(28)25-20-16-8-15-9-17(20)12-23(10-15,11-16)26-14(2)27/h5-7,15-17,20H,8-12H2,1-4H3,(H,25,28)(H,26,27)/t15?,16-,17+,20?,23?. The number of aryl methyl sites for hydroxylation is 1. The molecule has 0 aliphatic heterocycles. The van der Waals surface area contributed by atoms with Crippen LogP contribution in [0.3, 0.4) is 0 Å². The topological polar surface area (TPSA) is 67.4 Å². The molecule has 4 saturated carbocycles. The molecule has 0 saturated heterocycles. The van der Waals surface area contributed by atoms with E-state index in [2.05, 4.69) is 10.6 Å². The molecule has 1 aromatic rings. The number of rotatable bonds is 5. The summed E-state index contributed by atoms with van der Waals surface area (Å²) in [5.74, 6) is 2.14. The van der Waals surface area contributed by atoms with Crippen LogP contribution in [-0.4, -0.2) is 29.0 Å². The summed E-state index contributed by atoms with van der Waals surface area (Å²) in [5.41, 5.74) is -0.135. The summed E-state index contributed by atoms with van der Waals surface area (Å²) in [4.78, 5) is 24.9. The summed E-state index contributed by atoms with van der Waals surface area (Å²) < 4.78 is 6.09. The third-order valence-electron chi connectivity index (χ3n) is 7.06. The van der Waals surface area contributed by atoms with Crippen LogP contribution >= 0.6 is 11.6 Å². The Morgan fingerprint density at radius 1 is 1.17 bits per heavy atom. The molecule has 5 atom stereocenters. The van der Waals surface area contributed by atoms with Crippen LogP contribution in [0.5, 0.6) is 5.75 Å². The van der Waals surface area contributed by atoms with E-state index in [1.807, 2.05) is 32.9 Å². The van der Waals surface area contributed by atoms with Crippen molar-refractivity contribution in [1.29, 1.82) is 0 Å². The van der Waals surface area contributed by atoms with Crippen molar-refractivity contribution < 1.29 is 14.3 Å². The fourth-order valence-corrected chi connectivity index (χ4v) is 6.39. The van der Waals surface area contributed by atoms with Gasteiger partial charge in [0.1, 0.15) is 5.75 Å². The van der Waals surface area contributed by atoms with Crippen LogP contribution < -0.4 is 15.4 Å². The van der Waals surface area contributed by atoms with Crippen LogP contribution in [0.1, 0.15) is 58.4 Å². The predicted octanol–water partition coefficient (Wildman–Crippen LogP) is 4.01. The van der Waals surface area contributed by atoms with Gasteiger partial charge >= 0.3 is 0 Å². The molecule has 2 N–H and O–H groups in total. The van der Waals surface area contributed by atoms with Gasteiger partial charge in [-0.15, -0.1) is 0 Å². The molecule has 3 unspecified atom stereocenters. The van der Waals surface area contributed by atoms with E-state index in [0.29, 0.717) is 28.5 Å². The molecule has 5 nitrogen and oxygen atoms in total. The second-order valence-corrected chi connectivity index (χ2v) is 10.4. The van der Waals surface area contributed by atoms with E-state index in [-0.39, 0.29) is 23.4 Å². The third-order valence-corrected chi connectivity index (χ3v) is 7.30. The average Bonchev–Trinajstić information content (AvgIpc) is 2.58. The average molecular weight is 419 g/mol. The largest absolute Gasteiger partial charge is 0.478 e. The van der Waals surface area contributed by atoms with Gasteiger partial charge in [0.15, 0.2) is 5.60 Å². The van der Waals surface area contributed by atoms with Crippen molar-refractivity contribution in [2.24, 2.45) is 17.8 Å². The maximum atomic E-state index is 13.2. The Kier molecular flexibility index (Phi) is 5.09. The van der Waals surface area contributed by atoms with Crippen LogP contribution in [0.25, 0.3) is 0 Å². The minimum atomic E-state index is -0.984. The van der Waals surface area contributed by atoms with Gasteiger partial charge in [-0.05, 0) is 94.4 Å². The Morgan fingerprint density at radius 2 is 1.83 bits per heavy atom.